The molecule has 1 heterocycles. The zero-order valence-corrected chi connectivity index (χ0v) is 11.3. The molecule has 0 N–H and O–H groups in total. The number of benzene rings is 1. The van der Waals surface area contributed by atoms with Crippen molar-refractivity contribution >= 4 is 21.8 Å². The monoisotopic (exact) mass is 281 g/mol. The van der Waals surface area contributed by atoms with Crippen molar-refractivity contribution in [1.29, 1.82) is 0 Å². The maximum absolute atomic E-state index is 12.2. The lowest BCUT2D eigenvalue weighted by atomic mass is 10.1. The SMILES string of the molecule is Cc1ccc(C(=O)N2CCC(C)C2)cc1Br. The molecule has 1 amide bonds. The Bertz CT molecular complexity index is 416. The first-order valence-electron chi connectivity index (χ1n) is 5.63. The number of aryl methyl sites for hydroxylation is 1. The molecule has 1 saturated heterocycles. The van der Waals surface area contributed by atoms with Gasteiger partial charge in [-0.2, -0.15) is 0 Å². The molecule has 0 spiro atoms. The number of rotatable bonds is 1. The Morgan fingerprint density at radius 1 is 1.50 bits per heavy atom. The molecule has 1 unspecified atom stereocenters. The molecule has 1 aromatic carbocycles. The van der Waals surface area contributed by atoms with E-state index in [-0.39, 0.29) is 5.91 Å². The smallest absolute Gasteiger partial charge is 0.253 e. The van der Waals surface area contributed by atoms with Crippen molar-refractivity contribution in [3.05, 3.63) is 33.8 Å². The van der Waals surface area contributed by atoms with Gasteiger partial charge in [-0.25, -0.2) is 0 Å². The Hall–Kier alpha value is -0.830. The van der Waals surface area contributed by atoms with Crippen LogP contribution in [0.25, 0.3) is 0 Å². The summed E-state index contributed by atoms with van der Waals surface area (Å²) in [5.74, 6) is 0.794. The van der Waals surface area contributed by atoms with Gasteiger partial charge in [0.25, 0.3) is 5.91 Å². The molecule has 2 rings (SSSR count). The topological polar surface area (TPSA) is 20.3 Å². The summed E-state index contributed by atoms with van der Waals surface area (Å²) in [6, 6.07) is 5.81. The number of carbonyl (C=O) groups is 1. The predicted octanol–water partition coefficient (Wildman–Crippen LogP) is 3.24. The first kappa shape index (κ1) is 11.6. The summed E-state index contributed by atoms with van der Waals surface area (Å²) < 4.78 is 1.01. The highest BCUT2D eigenvalue weighted by Crippen LogP contribution is 2.21. The first-order valence-corrected chi connectivity index (χ1v) is 6.42. The van der Waals surface area contributed by atoms with Crippen LogP contribution in [0.3, 0.4) is 0 Å². The average Bonchev–Trinajstić information content (AvgIpc) is 2.68. The fraction of sp³-hybridized carbons (Fsp3) is 0.462. The molecular weight excluding hydrogens is 266 g/mol. The Morgan fingerprint density at radius 2 is 2.25 bits per heavy atom. The van der Waals surface area contributed by atoms with E-state index in [0.717, 1.165) is 35.1 Å². The van der Waals surface area contributed by atoms with E-state index < -0.39 is 0 Å². The second kappa shape index (κ2) is 4.58. The fourth-order valence-electron chi connectivity index (χ4n) is 2.03. The number of halogens is 1. The van der Waals surface area contributed by atoms with Gasteiger partial charge in [-0.1, -0.05) is 28.9 Å². The van der Waals surface area contributed by atoms with Crippen molar-refractivity contribution in [2.45, 2.75) is 20.3 Å². The number of carbonyl (C=O) groups excluding carboxylic acids is 1. The summed E-state index contributed by atoms with van der Waals surface area (Å²) in [5.41, 5.74) is 1.94. The lowest BCUT2D eigenvalue weighted by molar-refractivity contribution is 0.0788. The Balaban J connectivity index is 2.18. The van der Waals surface area contributed by atoms with Gasteiger partial charge < -0.3 is 4.90 Å². The van der Waals surface area contributed by atoms with Crippen molar-refractivity contribution in [3.63, 3.8) is 0 Å². The molecular formula is C13H16BrNO. The van der Waals surface area contributed by atoms with Crippen LogP contribution < -0.4 is 0 Å². The van der Waals surface area contributed by atoms with E-state index >= 15 is 0 Å². The van der Waals surface area contributed by atoms with Crippen LogP contribution in [0.1, 0.15) is 29.3 Å². The first-order chi connectivity index (χ1) is 7.58. The lowest BCUT2D eigenvalue weighted by Crippen LogP contribution is -2.28. The quantitative estimate of drug-likeness (QED) is 0.774. The van der Waals surface area contributed by atoms with Crippen LogP contribution in [-0.2, 0) is 0 Å². The maximum Gasteiger partial charge on any atom is 0.253 e. The second-order valence-electron chi connectivity index (χ2n) is 4.61. The minimum Gasteiger partial charge on any atom is -0.338 e. The summed E-state index contributed by atoms with van der Waals surface area (Å²) in [6.45, 7) is 6.00. The van der Waals surface area contributed by atoms with Gasteiger partial charge in [-0.05, 0) is 37.0 Å². The minimum atomic E-state index is 0.157. The molecule has 1 aromatic rings. The predicted molar refractivity (Wildman–Crippen MR) is 68.6 cm³/mol. The molecule has 2 nitrogen and oxygen atoms in total. The highest BCUT2D eigenvalue weighted by molar-refractivity contribution is 9.10. The van der Waals surface area contributed by atoms with Gasteiger partial charge in [0.05, 0.1) is 0 Å². The van der Waals surface area contributed by atoms with Crippen LogP contribution in [0.15, 0.2) is 22.7 Å². The van der Waals surface area contributed by atoms with Gasteiger partial charge in [0.1, 0.15) is 0 Å². The van der Waals surface area contributed by atoms with Crippen molar-refractivity contribution in [3.8, 4) is 0 Å². The van der Waals surface area contributed by atoms with Crippen LogP contribution in [-0.4, -0.2) is 23.9 Å². The molecule has 1 atom stereocenters. The van der Waals surface area contributed by atoms with Gasteiger partial charge in [-0.15, -0.1) is 0 Å². The number of nitrogens with zero attached hydrogens (tertiary/aromatic N) is 1. The molecule has 0 aliphatic carbocycles. The third kappa shape index (κ3) is 2.29. The van der Waals surface area contributed by atoms with Gasteiger partial charge in [0.15, 0.2) is 0 Å². The summed E-state index contributed by atoms with van der Waals surface area (Å²) in [7, 11) is 0. The summed E-state index contributed by atoms with van der Waals surface area (Å²) in [6.07, 6.45) is 1.12. The molecule has 0 aromatic heterocycles. The molecule has 0 saturated carbocycles. The zero-order valence-electron chi connectivity index (χ0n) is 9.66. The number of hydrogen-bond donors (Lipinski definition) is 0. The summed E-state index contributed by atoms with van der Waals surface area (Å²) in [4.78, 5) is 14.1. The zero-order chi connectivity index (χ0) is 11.7. The highest BCUT2D eigenvalue weighted by atomic mass is 79.9. The van der Waals surface area contributed by atoms with Crippen molar-refractivity contribution in [1.82, 2.24) is 4.90 Å². The molecule has 16 heavy (non-hydrogen) atoms. The van der Waals surface area contributed by atoms with Crippen molar-refractivity contribution in [2.24, 2.45) is 5.92 Å². The molecule has 1 aliphatic rings. The second-order valence-corrected chi connectivity index (χ2v) is 5.46. The molecule has 0 bridgehead atoms. The highest BCUT2D eigenvalue weighted by Gasteiger charge is 2.24. The normalized spacial score (nSPS) is 20.2. The third-order valence-electron chi connectivity index (χ3n) is 3.13. The number of amides is 1. The lowest BCUT2D eigenvalue weighted by Gasteiger charge is -2.16. The van der Waals surface area contributed by atoms with E-state index in [2.05, 4.69) is 22.9 Å². The molecule has 1 aliphatic heterocycles. The molecule has 0 radical (unpaired) electrons. The van der Waals surface area contributed by atoms with E-state index in [1.807, 2.05) is 30.0 Å². The van der Waals surface area contributed by atoms with Gasteiger partial charge in [0, 0.05) is 23.1 Å². The summed E-state index contributed by atoms with van der Waals surface area (Å²) >= 11 is 3.46. The minimum absolute atomic E-state index is 0.157. The Morgan fingerprint density at radius 3 is 2.81 bits per heavy atom. The van der Waals surface area contributed by atoms with Gasteiger partial charge in [0.2, 0.25) is 0 Å². The maximum atomic E-state index is 12.2. The van der Waals surface area contributed by atoms with Crippen molar-refractivity contribution in [2.75, 3.05) is 13.1 Å². The number of likely N-dealkylation sites (tertiary alicyclic amines) is 1. The van der Waals surface area contributed by atoms with Crippen LogP contribution in [0.4, 0.5) is 0 Å². The van der Waals surface area contributed by atoms with Gasteiger partial charge in [-0.3, -0.25) is 4.79 Å². The molecule has 86 valence electrons. The molecule has 1 fully saturated rings. The largest absolute Gasteiger partial charge is 0.338 e. The Labute approximate surface area is 105 Å². The standard InChI is InChI=1S/C13H16BrNO/c1-9-5-6-15(8-9)13(16)11-4-3-10(2)12(14)7-11/h3-4,7,9H,5-6,8H2,1-2H3. The number of hydrogen-bond acceptors (Lipinski definition) is 1. The van der Waals surface area contributed by atoms with E-state index in [1.54, 1.807) is 0 Å². The van der Waals surface area contributed by atoms with Crippen LogP contribution >= 0.6 is 15.9 Å². The third-order valence-corrected chi connectivity index (χ3v) is 3.98. The van der Waals surface area contributed by atoms with Crippen LogP contribution in [0.2, 0.25) is 0 Å². The van der Waals surface area contributed by atoms with E-state index in [9.17, 15) is 4.79 Å². The molecule has 3 heteroatoms. The Kier molecular flexibility index (Phi) is 3.33. The fourth-order valence-corrected chi connectivity index (χ4v) is 2.41. The van der Waals surface area contributed by atoms with Crippen LogP contribution in [0, 0.1) is 12.8 Å². The summed E-state index contributed by atoms with van der Waals surface area (Å²) in [5, 5.41) is 0. The van der Waals surface area contributed by atoms with Crippen molar-refractivity contribution < 1.29 is 4.79 Å². The van der Waals surface area contributed by atoms with Crippen LogP contribution in [0.5, 0.6) is 0 Å². The van der Waals surface area contributed by atoms with E-state index in [4.69, 9.17) is 0 Å². The van der Waals surface area contributed by atoms with Gasteiger partial charge >= 0.3 is 0 Å². The van der Waals surface area contributed by atoms with E-state index in [1.165, 1.54) is 0 Å². The average molecular weight is 282 g/mol. The van der Waals surface area contributed by atoms with E-state index in [0.29, 0.717) is 5.92 Å².